The van der Waals surface area contributed by atoms with Gasteiger partial charge in [-0.25, -0.2) is 4.68 Å². The third-order valence-electron chi connectivity index (χ3n) is 2.63. The highest BCUT2D eigenvalue weighted by atomic mass is 79.9. The summed E-state index contributed by atoms with van der Waals surface area (Å²) in [4.78, 5) is 0. The van der Waals surface area contributed by atoms with Gasteiger partial charge in [-0.05, 0) is 42.0 Å². The van der Waals surface area contributed by atoms with Gasteiger partial charge in [0.2, 0.25) is 0 Å². The van der Waals surface area contributed by atoms with Gasteiger partial charge in [-0.1, -0.05) is 12.1 Å². The van der Waals surface area contributed by atoms with E-state index in [9.17, 15) is 0 Å². The standard InChI is InChI=1S/C12H14BrN3/c1-9(14-2)10-7-15-16(8-10)12-6-4-3-5-11(12)13/h3-9,14H,1-2H3. The van der Waals surface area contributed by atoms with Gasteiger partial charge in [0, 0.05) is 22.3 Å². The van der Waals surface area contributed by atoms with Gasteiger partial charge in [0.25, 0.3) is 0 Å². The lowest BCUT2D eigenvalue weighted by Crippen LogP contribution is -2.11. The van der Waals surface area contributed by atoms with Crippen LogP contribution in [0.4, 0.5) is 0 Å². The average molecular weight is 280 g/mol. The smallest absolute Gasteiger partial charge is 0.0787 e. The van der Waals surface area contributed by atoms with Crippen molar-refractivity contribution in [3.05, 3.63) is 46.7 Å². The molecule has 2 aromatic rings. The van der Waals surface area contributed by atoms with Gasteiger partial charge in [-0.2, -0.15) is 5.10 Å². The topological polar surface area (TPSA) is 29.9 Å². The van der Waals surface area contributed by atoms with E-state index in [0.29, 0.717) is 6.04 Å². The summed E-state index contributed by atoms with van der Waals surface area (Å²) in [5, 5.41) is 7.56. The van der Waals surface area contributed by atoms with Crippen LogP contribution < -0.4 is 5.32 Å². The first-order valence-electron chi connectivity index (χ1n) is 5.19. The van der Waals surface area contributed by atoms with E-state index in [1.807, 2.05) is 48.4 Å². The first kappa shape index (κ1) is 11.4. The molecule has 0 saturated carbocycles. The molecule has 1 aromatic carbocycles. The maximum absolute atomic E-state index is 4.36. The Kier molecular flexibility index (Phi) is 3.41. The van der Waals surface area contributed by atoms with Gasteiger partial charge < -0.3 is 5.32 Å². The number of halogens is 1. The SMILES string of the molecule is CNC(C)c1cnn(-c2ccccc2Br)c1. The normalized spacial score (nSPS) is 12.7. The lowest BCUT2D eigenvalue weighted by atomic mass is 10.2. The molecular weight excluding hydrogens is 266 g/mol. The zero-order valence-corrected chi connectivity index (χ0v) is 10.9. The molecule has 1 N–H and O–H groups in total. The summed E-state index contributed by atoms with van der Waals surface area (Å²) in [7, 11) is 1.94. The van der Waals surface area contributed by atoms with Crippen molar-refractivity contribution in [3.8, 4) is 5.69 Å². The molecule has 2 rings (SSSR count). The van der Waals surface area contributed by atoms with E-state index in [4.69, 9.17) is 0 Å². The van der Waals surface area contributed by atoms with Gasteiger partial charge in [0.15, 0.2) is 0 Å². The highest BCUT2D eigenvalue weighted by molar-refractivity contribution is 9.10. The Morgan fingerprint density at radius 3 is 2.81 bits per heavy atom. The fraction of sp³-hybridized carbons (Fsp3) is 0.250. The lowest BCUT2D eigenvalue weighted by molar-refractivity contribution is 0.652. The summed E-state index contributed by atoms with van der Waals surface area (Å²) in [5.74, 6) is 0. The minimum absolute atomic E-state index is 0.316. The maximum Gasteiger partial charge on any atom is 0.0787 e. The van der Waals surface area contributed by atoms with Crippen molar-refractivity contribution in [2.24, 2.45) is 0 Å². The maximum atomic E-state index is 4.36. The first-order valence-corrected chi connectivity index (χ1v) is 5.98. The molecule has 0 radical (unpaired) electrons. The zero-order chi connectivity index (χ0) is 11.5. The second-order valence-corrected chi connectivity index (χ2v) is 4.53. The van der Waals surface area contributed by atoms with Gasteiger partial charge in [-0.15, -0.1) is 0 Å². The van der Waals surface area contributed by atoms with Crippen molar-refractivity contribution in [2.75, 3.05) is 7.05 Å². The number of nitrogens with one attached hydrogen (secondary N) is 1. The molecule has 3 nitrogen and oxygen atoms in total. The molecule has 0 aliphatic rings. The number of benzene rings is 1. The van der Waals surface area contributed by atoms with Gasteiger partial charge >= 0.3 is 0 Å². The van der Waals surface area contributed by atoms with E-state index < -0.39 is 0 Å². The fourth-order valence-electron chi connectivity index (χ4n) is 1.50. The quantitative estimate of drug-likeness (QED) is 0.936. The minimum Gasteiger partial charge on any atom is -0.313 e. The minimum atomic E-state index is 0.316. The largest absolute Gasteiger partial charge is 0.313 e. The zero-order valence-electron chi connectivity index (χ0n) is 9.31. The van der Waals surface area contributed by atoms with E-state index in [1.165, 1.54) is 5.56 Å². The summed E-state index contributed by atoms with van der Waals surface area (Å²) >= 11 is 3.52. The Morgan fingerprint density at radius 2 is 2.12 bits per heavy atom. The third kappa shape index (κ3) is 2.18. The Labute approximate surface area is 104 Å². The Morgan fingerprint density at radius 1 is 1.38 bits per heavy atom. The molecule has 1 aromatic heterocycles. The molecule has 4 heteroatoms. The molecule has 0 saturated heterocycles. The van der Waals surface area contributed by atoms with Crippen molar-refractivity contribution < 1.29 is 0 Å². The van der Waals surface area contributed by atoms with Crippen LogP contribution in [0, 0.1) is 0 Å². The number of hydrogen-bond donors (Lipinski definition) is 1. The molecule has 0 spiro atoms. The van der Waals surface area contributed by atoms with Crippen molar-refractivity contribution in [1.82, 2.24) is 15.1 Å². The summed E-state index contributed by atoms with van der Waals surface area (Å²) in [6, 6.07) is 8.36. The summed E-state index contributed by atoms with van der Waals surface area (Å²) < 4.78 is 2.93. The van der Waals surface area contributed by atoms with Gasteiger partial charge in [-0.3, -0.25) is 0 Å². The second kappa shape index (κ2) is 4.80. The van der Waals surface area contributed by atoms with Crippen molar-refractivity contribution in [1.29, 1.82) is 0 Å². The van der Waals surface area contributed by atoms with Crippen LogP contribution in [0.2, 0.25) is 0 Å². The van der Waals surface area contributed by atoms with Crippen LogP contribution in [0.25, 0.3) is 5.69 Å². The molecule has 1 atom stereocenters. The van der Waals surface area contributed by atoms with Crippen molar-refractivity contribution in [3.63, 3.8) is 0 Å². The predicted octanol–water partition coefficient (Wildman–Crippen LogP) is 2.92. The fourth-order valence-corrected chi connectivity index (χ4v) is 1.96. The van der Waals surface area contributed by atoms with E-state index in [2.05, 4.69) is 33.3 Å². The molecular formula is C12H14BrN3. The monoisotopic (exact) mass is 279 g/mol. The first-order chi connectivity index (χ1) is 7.72. The number of para-hydroxylation sites is 1. The van der Waals surface area contributed by atoms with E-state index in [-0.39, 0.29) is 0 Å². The van der Waals surface area contributed by atoms with E-state index in [0.717, 1.165) is 10.2 Å². The summed E-state index contributed by atoms with van der Waals surface area (Å²) in [6.45, 7) is 2.11. The van der Waals surface area contributed by atoms with Crippen molar-refractivity contribution >= 4 is 15.9 Å². The summed E-state index contributed by atoms with van der Waals surface area (Å²) in [5.41, 5.74) is 2.23. The molecule has 0 aliphatic carbocycles. The Bertz CT molecular complexity index is 479. The second-order valence-electron chi connectivity index (χ2n) is 3.68. The van der Waals surface area contributed by atoms with E-state index in [1.54, 1.807) is 0 Å². The van der Waals surface area contributed by atoms with E-state index >= 15 is 0 Å². The molecule has 16 heavy (non-hydrogen) atoms. The molecule has 1 unspecified atom stereocenters. The predicted molar refractivity (Wildman–Crippen MR) is 68.7 cm³/mol. The molecule has 84 valence electrons. The highest BCUT2D eigenvalue weighted by Crippen LogP contribution is 2.21. The van der Waals surface area contributed by atoms with Crippen LogP contribution in [-0.2, 0) is 0 Å². The van der Waals surface area contributed by atoms with Crippen LogP contribution in [0.15, 0.2) is 41.1 Å². The van der Waals surface area contributed by atoms with Crippen LogP contribution in [-0.4, -0.2) is 16.8 Å². The van der Waals surface area contributed by atoms with Crippen molar-refractivity contribution in [2.45, 2.75) is 13.0 Å². The van der Waals surface area contributed by atoms with Crippen LogP contribution in [0.1, 0.15) is 18.5 Å². The number of aromatic nitrogens is 2. The molecule has 1 heterocycles. The van der Waals surface area contributed by atoms with Crippen LogP contribution >= 0.6 is 15.9 Å². The number of nitrogens with zero attached hydrogens (tertiary/aromatic N) is 2. The average Bonchev–Trinajstić information content (AvgIpc) is 2.78. The number of rotatable bonds is 3. The van der Waals surface area contributed by atoms with Gasteiger partial charge in [0.1, 0.15) is 0 Å². The van der Waals surface area contributed by atoms with Crippen LogP contribution in [0.3, 0.4) is 0 Å². The molecule has 0 bridgehead atoms. The Hall–Kier alpha value is -1.13. The van der Waals surface area contributed by atoms with Gasteiger partial charge in [0.05, 0.1) is 11.9 Å². The highest BCUT2D eigenvalue weighted by Gasteiger charge is 2.07. The summed E-state index contributed by atoms with van der Waals surface area (Å²) in [6.07, 6.45) is 3.93. The molecule has 0 aliphatic heterocycles. The third-order valence-corrected chi connectivity index (χ3v) is 3.31. The molecule has 0 amide bonds. The Balaban J connectivity index is 2.35. The number of hydrogen-bond acceptors (Lipinski definition) is 2. The molecule has 0 fully saturated rings. The van der Waals surface area contributed by atoms with Crippen LogP contribution in [0.5, 0.6) is 0 Å². The lowest BCUT2D eigenvalue weighted by Gasteiger charge is -2.06.